The van der Waals surface area contributed by atoms with Crippen molar-refractivity contribution in [2.75, 3.05) is 6.54 Å². The zero-order valence-corrected chi connectivity index (χ0v) is 10.5. The average Bonchev–Trinajstić information content (AvgIpc) is 1.91. The normalized spacial score (nSPS) is 24.7. The summed E-state index contributed by atoms with van der Waals surface area (Å²) in [6, 6.07) is 0. The molecular weight excluding hydrogens is 329 g/mol. The molecule has 0 bridgehead atoms. The summed E-state index contributed by atoms with van der Waals surface area (Å²) in [4.78, 5) is 0. The Morgan fingerprint density at radius 2 is 2.25 bits per heavy atom. The molecule has 1 nitrogen and oxygen atoms in total. The Balaban J connectivity index is 2.17. The van der Waals surface area contributed by atoms with E-state index in [1.54, 1.807) is 0 Å². The largest absolute Gasteiger partial charge is 0.383 e. The lowest BCUT2D eigenvalue weighted by Gasteiger charge is -2.31. The van der Waals surface area contributed by atoms with Crippen LogP contribution in [0.4, 0.5) is 0 Å². The van der Waals surface area contributed by atoms with Crippen LogP contribution in [0.5, 0.6) is 0 Å². The van der Waals surface area contributed by atoms with Gasteiger partial charge in [0.2, 0.25) is 0 Å². The molecule has 2 aliphatic rings. The van der Waals surface area contributed by atoms with E-state index in [0.29, 0.717) is 0 Å². The van der Waals surface area contributed by atoms with Crippen LogP contribution in [-0.4, -0.2) is 6.54 Å². The molecular formula is C9H11BrIN. The summed E-state index contributed by atoms with van der Waals surface area (Å²) in [6.45, 7) is 1.02. The summed E-state index contributed by atoms with van der Waals surface area (Å²) >= 11 is 5.98. The fourth-order valence-corrected chi connectivity index (χ4v) is 3.24. The number of allylic oxidation sites excluding steroid dienone is 3. The van der Waals surface area contributed by atoms with E-state index in [1.165, 1.54) is 33.0 Å². The molecule has 1 saturated carbocycles. The van der Waals surface area contributed by atoms with Crippen molar-refractivity contribution in [3.63, 3.8) is 0 Å². The SMILES string of the molecule is BrC1=C(C2CCC2)NCC(I)=C1. The molecule has 1 heterocycles. The molecule has 0 spiro atoms. The minimum atomic E-state index is 0.806. The van der Waals surface area contributed by atoms with Gasteiger partial charge in [0.15, 0.2) is 0 Å². The van der Waals surface area contributed by atoms with Gasteiger partial charge in [0, 0.05) is 20.3 Å². The molecule has 0 amide bonds. The second kappa shape index (κ2) is 3.70. The lowest BCUT2D eigenvalue weighted by atomic mass is 9.82. The molecule has 1 aliphatic heterocycles. The number of halogens is 2. The smallest absolute Gasteiger partial charge is 0.0456 e. The van der Waals surface area contributed by atoms with Gasteiger partial charge in [-0.15, -0.1) is 0 Å². The highest BCUT2D eigenvalue weighted by Crippen LogP contribution is 2.36. The zero-order valence-electron chi connectivity index (χ0n) is 6.74. The van der Waals surface area contributed by atoms with E-state index in [9.17, 15) is 0 Å². The van der Waals surface area contributed by atoms with Crippen molar-refractivity contribution >= 4 is 38.5 Å². The predicted octanol–water partition coefficient (Wildman–Crippen LogP) is 3.32. The van der Waals surface area contributed by atoms with Crippen molar-refractivity contribution in [2.45, 2.75) is 19.3 Å². The molecule has 66 valence electrons. The van der Waals surface area contributed by atoms with E-state index in [-0.39, 0.29) is 0 Å². The Kier molecular flexibility index (Phi) is 2.79. The molecule has 0 radical (unpaired) electrons. The third-order valence-corrected chi connectivity index (χ3v) is 3.85. The lowest BCUT2D eigenvalue weighted by Crippen LogP contribution is -2.28. The minimum Gasteiger partial charge on any atom is -0.383 e. The van der Waals surface area contributed by atoms with E-state index in [4.69, 9.17) is 0 Å². The molecule has 0 aromatic heterocycles. The summed E-state index contributed by atoms with van der Waals surface area (Å²) < 4.78 is 2.64. The third-order valence-electron chi connectivity index (χ3n) is 2.50. The molecule has 12 heavy (non-hydrogen) atoms. The van der Waals surface area contributed by atoms with Crippen molar-refractivity contribution in [1.29, 1.82) is 0 Å². The fraction of sp³-hybridized carbons (Fsp3) is 0.556. The van der Waals surface area contributed by atoms with Gasteiger partial charge in [-0.05, 0) is 63.4 Å². The summed E-state index contributed by atoms with van der Waals surface area (Å²) in [5.74, 6) is 0.806. The van der Waals surface area contributed by atoms with Crippen LogP contribution in [0.1, 0.15) is 19.3 Å². The molecule has 0 aromatic rings. The van der Waals surface area contributed by atoms with Gasteiger partial charge in [-0.3, -0.25) is 0 Å². The van der Waals surface area contributed by atoms with Gasteiger partial charge in [0.1, 0.15) is 0 Å². The molecule has 1 N–H and O–H groups in total. The Bertz CT molecular complexity index is 253. The number of dihydropyridines is 1. The maximum absolute atomic E-state index is 3.61. The van der Waals surface area contributed by atoms with Crippen molar-refractivity contribution in [1.82, 2.24) is 5.32 Å². The van der Waals surface area contributed by atoms with Crippen LogP contribution in [0.3, 0.4) is 0 Å². The average molecular weight is 340 g/mol. The van der Waals surface area contributed by atoms with Gasteiger partial charge >= 0.3 is 0 Å². The molecule has 0 saturated heterocycles. The van der Waals surface area contributed by atoms with Crippen molar-refractivity contribution in [2.24, 2.45) is 5.92 Å². The highest BCUT2D eigenvalue weighted by molar-refractivity contribution is 14.1. The van der Waals surface area contributed by atoms with Gasteiger partial charge in [-0.2, -0.15) is 0 Å². The van der Waals surface area contributed by atoms with Gasteiger partial charge in [-0.1, -0.05) is 6.42 Å². The quantitative estimate of drug-likeness (QED) is 0.723. The first-order valence-corrected chi connectivity index (χ1v) is 6.14. The van der Waals surface area contributed by atoms with Crippen LogP contribution >= 0.6 is 38.5 Å². The van der Waals surface area contributed by atoms with E-state index in [1.807, 2.05) is 0 Å². The van der Waals surface area contributed by atoms with Crippen LogP contribution in [0, 0.1) is 5.92 Å². The van der Waals surface area contributed by atoms with Crippen LogP contribution < -0.4 is 5.32 Å². The van der Waals surface area contributed by atoms with E-state index >= 15 is 0 Å². The molecule has 0 aromatic carbocycles. The molecule has 1 aliphatic carbocycles. The summed E-state index contributed by atoms with van der Waals surface area (Å²) in [7, 11) is 0. The summed E-state index contributed by atoms with van der Waals surface area (Å²) in [5.41, 5.74) is 1.43. The van der Waals surface area contributed by atoms with Crippen LogP contribution in [0.25, 0.3) is 0 Å². The Morgan fingerprint density at radius 1 is 1.50 bits per heavy atom. The maximum Gasteiger partial charge on any atom is 0.0456 e. The number of rotatable bonds is 1. The van der Waals surface area contributed by atoms with Crippen LogP contribution in [-0.2, 0) is 0 Å². The Morgan fingerprint density at radius 3 is 2.75 bits per heavy atom. The minimum absolute atomic E-state index is 0.806. The Labute approximate surface area is 94.9 Å². The summed E-state index contributed by atoms with van der Waals surface area (Å²) in [5, 5.41) is 3.48. The molecule has 0 unspecified atom stereocenters. The topological polar surface area (TPSA) is 12.0 Å². The first kappa shape index (κ1) is 9.06. The lowest BCUT2D eigenvalue weighted by molar-refractivity contribution is 0.351. The zero-order chi connectivity index (χ0) is 8.55. The van der Waals surface area contributed by atoms with Gasteiger partial charge < -0.3 is 5.32 Å². The standard InChI is InChI=1S/C9H11BrIN/c10-8-4-7(11)5-12-9(8)6-2-1-3-6/h4,6,12H,1-3,5H2. The maximum atomic E-state index is 3.61. The van der Waals surface area contributed by atoms with Crippen LogP contribution in [0.2, 0.25) is 0 Å². The fourth-order valence-electron chi connectivity index (χ4n) is 1.57. The van der Waals surface area contributed by atoms with Crippen molar-refractivity contribution < 1.29 is 0 Å². The monoisotopic (exact) mass is 339 g/mol. The first-order chi connectivity index (χ1) is 5.77. The van der Waals surface area contributed by atoms with Crippen molar-refractivity contribution in [3.05, 3.63) is 19.8 Å². The highest BCUT2D eigenvalue weighted by atomic mass is 127. The number of hydrogen-bond acceptors (Lipinski definition) is 1. The van der Waals surface area contributed by atoms with E-state index in [0.717, 1.165) is 12.5 Å². The third kappa shape index (κ3) is 1.71. The molecule has 0 atom stereocenters. The second-order valence-electron chi connectivity index (χ2n) is 3.33. The second-order valence-corrected chi connectivity index (χ2v) is 5.57. The first-order valence-electron chi connectivity index (χ1n) is 4.27. The number of nitrogens with one attached hydrogen (secondary N) is 1. The Hall–Kier alpha value is 0.490. The number of hydrogen-bond donors (Lipinski definition) is 1. The van der Waals surface area contributed by atoms with Crippen LogP contribution in [0.15, 0.2) is 19.8 Å². The van der Waals surface area contributed by atoms with E-state index < -0.39 is 0 Å². The molecule has 3 heteroatoms. The van der Waals surface area contributed by atoms with E-state index in [2.05, 4.69) is 49.9 Å². The molecule has 2 rings (SSSR count). The predicted molar refractivity (Wildman–Crippen MR) is 63.4 cm³/mol. The van der Waals surface area contributed by atoms with Gasteiger partial charge in [0.05, 0.1) is 0 Å². The molecule has 1 fully saturated rings. The summed E-state index contributed by atoms with van der Waals surface area (Å²) in [6.07, 6.45) is 6.35. The highest BCUT2D eigenvalue weighted by Gasteiger charge is 2.24. The van der Waals surface area contributed by atoms with Gasteiger partial charge in [-0.25, -0.2) is 0 Å². The van der Waals surface area contributed by atoms with Gasteiger partial charge in [0.25, 0.3) is 0 Å². The van der Waals surface area contributed by atoms with Crippen molar-refractivity contribution in [3.8, 4) is 0 Å².